The van der Waals surface area contributed by atoms with Gasteiger partial charge < -0.3 is 10.1 Å². The minimum Gasteiger partial charge on any atom is -0.369 e. The molecule has 1 aromatic heterocycles. The number of carbonyl (C=O) groups excluding carboxylic acids is 1. The maximum atomic E-state index is 11.6. The fourth-order valence-corrected chi connectivity index (χ4v) is 1.16. The number of aromatic nitrogens is 1. The van der Waals surface area contributed by atoms with Gasteiger partial charge in [-0.2, -0.15) is 0 Å². The Hall–Kier alpha value is -1.42. The van der Waals surface area contributed by atoms with Crippen LogP contribution in [0.4, 0.5) is 0 Å². The summed E-state index contributed by atoms with van der Waals surface area (Å²) in [4.78, 5) is 15.8. The number of hydrogen-bond acceptors (Lipinski definition) is 3. The number of ether oxygens (including phenoxy) is 1. The van der Waals surface area contributed by atoms with Gasteiger partial charge >= 0.3 is 0 Å². The highest BCUT2D eigenvalue weighted by atomic mass is 16.5. The van der Waals surface area contributed by atoms with Crippen molar-refractivity contribution < 1.29 is 9.53 Å². The number of carbonyl (C=O) groups is 1. The molecule has 0 saturated heterocycles. The molecule has 16 heavy (non-hydrogen) atoms. The highest BCUT2D eigenvalue weighted by Crippen LogP contribution is 2.06. The molecule has 0 radical (unpaired) electrons. The number of nitrogens with zero attached hydrogens (tertiary/aromatic N) is 1. The van der Waals surface area contributed by atoms with Crippen LogP contribution in [0.3, 0.4) is 0 Å². The van der Waals surface area contributed by atoms with Gasteiger partial charge in [-0.1, -0.05) is 6.07 Å². The Morgan fingerprint density at radius 2 is 2.25 bits per heavy atom. The molecule has 1 heterocycles. The Kier molecular flexibility index (Phi) is 4.43. The van der Waals surface area contributed by atoms with Crippen LogP contribution in [0.5, 0.6) is 0 Å². The van der Waals surface area contributed by atoms with Crippen LogP contribution in [0, 0.1) is 0 Å². The van der Waals surface area contributed by atoms with E-state index in [2.05, 4.69) is 10.3 Å². The summed E-state index contributed by atoms with van der Waals surface area (Å²) in [7, 11) is 1.53. The van der Waals surface area contributed by atoms with E-state index in [0.29, 0.717) is 6.54 Å². The third-order valence-electron chi connectivity index (χ3n) is 2.45. The summed E-state index contributed by atoms with van der Waals surface area (Å²) < 4.78 is 5.07. The zero-order valence-electron chi connectivity index (χ0n) is 9.99. The average Bonchev–Trinajstić information content (AvgIpc) is 2.30. The van der Waals surface area contributed by atoms with Gasteiger partial charge in [0, 0.05) is 32.0 Å². The van der Waals surface area contributed by atoms with Gasteiger partial charge in [0.05, 0.1) is 0 Å². The van der Waals surface area contributed by atoms with Crippen molar-refractivity contribution in [3.63, 3.8) is 0 Å². The maximum Gasteiger partial charge on any atom is 0.251 e. The standard InChI is InChI=1S/C12H18N2O2/c1-12(2,16-3)11(15)14-9-7-10-6-4-5-8-13-10/h4-6,8H,7,9H2,1-3H3,(H,14,15). The molecule has 0 bridgehead atoms. The van der Waals surface area contributed by atoms with Crippen LogP contribution in [0.25, 0.3) is 0 Å². The number of rotatable bonds is 5. The molecule has 0 unspecified atom stereocenters. The van der Waals surface area contributed by atoms with Gasteiger partial charge in [-0.3, -0.25) is 9.78 Å². The fraction of sp³-hybridized carbons (Fsp3) is 0.500. The van der Waals surface area contributed by atoms with E-state index in [1.54, 1.807) is 20.0 Å². The SMILES string of the molecule is COC(C)(C)C(=O)NCCc1ccccn1. The van der Waals surface area contributed by atoms with Crippen LogP contribution in [0.2, 0.25) is 0 Å². The minimum absolute atomic E-state index is 0.106. The van der Waals surface area contributed by atoms with Crippen LogP contribution in [-0.4, -0.2) is 30.1 Å². The summed E-state index contributed by atoms with van der Waals surface area (Å²) in [5.41, 5.74) is 0.197. The number of nitrogens with one attached hydrogen (secondary N) is 1. The predicted molar refractivity (Wildman–Crippen MR) is 62.0 cm³/mol. The second-order valence-corrected chi connectivity index (χ2v) is 4.04. The Balaban J connectivity index is 2.34. The molecule has 1 N–H and O–H groups in total. The van der Waals surface area contributed by atoms with Gasteiger partial charge in [-0.25, -0.2) is 0 Å². The molecule has 1 amide bonds. The van der Waals surface area contributed by atoms with Crippen molar-refractivity contribution in [2.45, 2.75) is 25.9 Å². The smallest absolute Gasteiger partial charge is 0.251 e. The lowest BCUT2D eigenvalue weighted by Crippen LogP contribution is -2.44. The van der Waals surface area contributed by atoms with E-state index in [0.717, 1.165) is 12.1 Å². The van der Waals surface area contributed by atoms with Gasteiger partial charge in [-0.05, 0) is 26.0 Å². The van der Waals surface area contributed by atoms with Crippen molar-refractivity contribution in [1.82, 2.24) is 10.3 Å². The van der Waals surface area contributed by atoms with E-state index in [1.807, 2.05) is 18.2 Å². The van der Waals surface area contributed by atoms with E-state index in [-0.39, 0.29) is 5.91 Å². The molecule has 1 aromatic rings. The Bertz CT molecular complexity index is 336. The molecule has 4 nitrogen and oxygen atoms in total. The first kappa shape index (κ1) is 12.6. The highest BCUT2D eigenvalue weighted by Gasteiger charge is 2.26. The topological polar surface area (TPSA) is 51.2 Å². The molecule has 0 fully saturated rings. The molecule has 0 saturated carbocycles. The van der Waals surface area contributed by atoms with Gasteiger partial charge in [0.2, 0.25) is 0 Å². The van der Waals surface area contributed by atoms with Crippen LogP contribution in [-0.2, 0) is 16.0 Å². The van der Waals surface area contributed by atoms with E-state index < -0.39 is 5.60 Å². The van der Waals surface area contributed by atoms with Crippen molar-refractivity contribution in [3.05, 3.63) is 30.1 Å². The second-order valence-electron chi connectivity index (χ2n) is 4.04. The molecule has 0 spiro atoms. The van der Waals surface area contributed by atoms with Crippen LogP contribution in [0.1, 0.15) is 19.5 Å². The lowest BCUT2D eigenvalue weighted by Gasteiger charge is -2.21. The number of amides is 1. The summed E-state index contributed by atoms with van der Waals surface area (Å²) in [6.07, 6.45) is 2.47. The average molecular weight is 222 g/mol. The number of methoxy groups -OCH3 is 1. The lowest BCUT2D eigenvalue weighted by molar-refractivity contribution is -0.139. The minimum atomic E-state index is -0.774. The monoisotopic (exact) mass is 222 g/mol. The molecule has 0 aliphatic carbocycles. The maximum absolute atomic E-state index is 11.6. The fourth-order valence-electron chi connectivity index (χ4n) is 1.16. The van der Waals surface area contributed by atoms with E-state index in [4.69, 9.17) is 4.74 Å². The van der Waals surface area contributed by atoms with Gasteiger partial charge in [0.1, 0.15) is 5.60 Å². The van der Waals surface area contributed by atoms with Gasteiger partial charge in [-0.15, -0.1) is 0 Å². The van der Waals surface area contributed by atoms with Crippen molar-refractivity contribution in [2.75, 3.05) is 13.7 Å². The molecule has 4 heteroatoms. The lowest BCUT2D eigenvalue weighted by atomic mass is 10.1. The van der Waals surface area contributed by atoms with Gasteiger partial charge in [0.15, 0.2) is 0 Å². The molecule has 88 valence electrons. The van der Waals surface area contributed by atoms with E-state index >= 15 is 0 Å². The zero-order valence-corrected chi connectivity index (χ0v) is 9.99. The number of hydrogen-bond donors (Lipinski definition) is 1. The van der Waals surface area contributed by atoms with E-state index in [1.165, 1.54) is 7.11 Å². The first-order valence-corrected chi connectivity index (χ1v) is 5.29. The molecule has 1 rings (SSSR count). The number of pyridine rings is 1. The van der Waals surface area contributed by atoms with Crippen LogP contribution < -0.4 is 5.32 Å². The van der Waals surface area contributed by atoms with Crippen molar-refractivity contribution in [1.29, 1.82) is 0 Å². The molecule has 0 atom stereocenters. The van der Waals surface area contributed by atoms with Crippen LogP contribution >= 0.6 is 0 Å². The predicted octanol–water partition coefficient (Wildman–Crippen LogP) is 1.17. The quantitative estimate of drug-likeness (QED) is 0.813. The summed E-state index contributed by atoms with van der Waals surface area (Å²) in [6.45, 7) is 4.05. The molecule has 0 aliphatic rings. The normalized spacial score (nSPS) is 11.2. The van der Waals surface area contributed by atoms with Crippen molar-refractivity contribution in [2.24, 2.45) is 0 Å². The van der Waals surface area contributed by atoms with Crippen molar-refractivity contribution in [3.8, 4) is 0 Å². The molecular weight excluding hydrogens is 204 g/mol. The molecule has 0 aromatic carbocycles. The second kappa shape index (κ2) is 5.61. The largest absolute Gasteiger partial charge is 0.369 e. The van der Waals surface area contributed by atoms with Crippen LogP contribution in [0.15, 0.2) is 24.4 Å². The molecular formula is C12H18N2O2. The Morgan fingerprint density at radius 1 is 1.50 bits per heavy atom. The van der Waals surface area contributed by atoms with Gasteiger partial charge in [0.25, 0.3) is 5.91 Å². The van der Waals surface area contributed by atoms with Crippen molar-refractivity contribution >= 4 is 5.91 Å². The third kappa shape index (κ3) is 3.62. The Morgan fingerprint density at radius 3 is 2.81 bits per heavy atom. The summed E-state index contributed by atoms with van der Waals surface area (Å²) in [6, 6.07) is 5.74. The highest BCUT2D eigenvalue weighted by molar-refractivity contribution is 5.84. The molecule has 0 aliphatic heterocycles. The third-order valence-corrected chi connectivity index (χ3v) is 2.45. The summed E-state index contributed by atoms with van der Waals surface area (Å²) in [5, 5.41) is 2.82. The zero-order chi connectivity index (χ0) is 12.0. The summed E-state index contributed by atoms with van der Waals surface area (Å²) >= 11 is 0. The van der Waals surface area contributed by atoms with E-state index in [9.17, 15) is 4.79 Å². The first-order chi connectivity index (χ1) is 7.56. The Labute approximate surface area is 96.0 Å². The first-order valence-electron chi connectivity index (χ1n) is 5.29. The summed E-state index contributed by atoms with van der Waals surface area (Å²) in [5.74, 6) is -0.106.